The number of para-hydroxylation sites is 1. The van der Waals surface area contributed by atoms with Gasteiger partial charge in [-0.1, -0.05) is 48.5 Å². The number of hydrogen-bond acceptors (Lipinski definition) is 5. The lowest BCUT2D eigenvalue weighted by atomic mass is 10.0. The SMILES string of the molecule is CCOc1ccc(C2=CC(c3ccccc3)=NN(c3ccccc3)N2)c(O)c1. The van der Waals surface area contributed by atoms with E-state index < -0.39 is 0 Å². The van der Waals surface area contributed by atoms with Crippen LogP contribution in [0.4, 0.5) is 5.69 Å². The molecule has 28 heavy (non-hydrogen) atoms. The van der Waals surface area contributed by atoms with E-state index in [4.69, 9.17) is 9.84 Å². The van der Waals surface area contributed by atoms with Crippen LogP contribution in [0.1, 0.15) is 18.1 Å². The van der Waals surface area contributed by atoms with E-state index in [2.05, 4.69) is 5.43 Å². The summed E-state index contributed by atoms with van der Waals surface area (Å²) in [6.07, 6.45) is 1.93. The number of hydrogen-bond donors (Lipinski definition) is 2. The summed E-state index contributed by atoms with van der Waals surface area (Å²) in [4.78, 5) is 0. The van der Waals surface area contributed by atoms with E-state index in [-0.39, 0.29) is 5.75 Å². The third-order valence-corrected chi connectivity index (χ3v) is 4.36. The standard InChI is InChI=1S/C23H21N3O2/c1-2-28-19-13-14-20(23(27)15-19)22-16-21(17-9-5-3-6-10-17)24-26(25-22)18-11-7-4-8-12-18/h3-16,25,27H,2H2,1H3. The van der Waals surface area contributed by atoms with Crippen LogP contribution in [0.5, 0.6) is 11.5 Å². The number of hydrazone groups is 1. The largest absolute Gasteiger partial charge is 0.507 e. The summed E-state index contributed by atoms with van der Waals surface area (Å²) in [5, 5.41) is 17.0. The molecule has 3 aromatic carbocycles. The lowest BCUT2D eigenvalue weighted by Crippen LogP contribution is -2.36. The van der Waals surface area contributed by atoms with Gasteiger partial charge in [-0.2, -0.15) is 10.2 Å². The van der Waals surface area contributed by atoms with E-state index in [0.29, 0.717) is 17.9 Å². The zero-order valence-electron chi connectivity index (χ0n) is 15.5. The van der Waals surface area contributed by atoms with Crippen molar-refractivity contribution in [1.82, 2.24) is 5.43 Å². The minimum absolute atomic E-state index is 0.145. The lowest BCUT2D eigenvalue weighted by Gasteiger charge is -2.28. The number of nitrogens with one attached hydrogen (secondary N) is 1. The predicted octanol–water partition coefficient (Wildman–Crippen LogP) is 4.56. The number of hydrazine groups is 1. The Labute approximate surface area is 164 Å². The molecule has 0 spiro atoms. The maximum absolute atomic E-state index is 10.6. The highest BCUT2D eigenvalue weighted by atomic mass is 16.5. The van der Waals surface area contributed by atoms with Crippen LogP contribution >= 0.6 is 0 Å². The third-order valence-electron chi connectivity index (χ3n) is 4.36. The zero-order valence-corrected chi connectivity index (χ0v) is 15.5. The highest BCUT2D eigenvalue weighted by Crippen LogP contribution is 2.31. The maximum Gasteiger partial charge on any atom is 0.128 e. The van der Waals surface area contributed by atoms with E-state index in [0.717, 1.165) is 22.7 Å². The molecule has 5 nitrogen and oxygen atoms in total. The number of ether oxygens (including phenoxy) is 1. The first-order chi connectivity index (χ1) is 13.7. The Kier molecular flexibility index (Phi) is 4.97. The molecule has 0 saturated carbocycles. The average molecular weight is 371 g/mol. The molecule has 4 rings (SSSR count). The van der Waals surface area contributed by atoms with Gasteiger partial charge in [-0.25, -0.2) is 0 Å². The second-order valence-corrected chi connectivity index (χ2v) is 6.28. The number of aromatic hydroxyl groups is 1. The molecule has 0 unspecified atom stereocenters. The number of nitrogens with zero attached hydrogens (tertiary/aromatic N) is 2. The molecular formula is C23H21N3O2. The van der Waals surface area contributed by atoms with Gasteiger partial charge in [-0.3, -0.25) is 5.43 Å². The Morgan fingerprint density at radius 3 is 2.36 bits per heavy atom. The van der Waals surface area contributed by atoms with Crippen molar-refractivity contribution in [2.24, 2.45) is 5.10 Å². The predicted molar refractivity (Wildman–Crippen MR) is 112 cm³/mol. The van der Waals surface area contributed by atoms with Crippen molar-refractivity contribution in [2.45, 2.75) is 6.92 Å². The summed E-state index contributed by atoms with van der Waals surface area (Å²) in [7, 11) is 0. The van der Waals surface area contributed by atoms with Crippen LogP contribution in [0, 0.1) is 0 Å². The van der Waals surface area contributed by atoms with E-state index in [1.54, 1.807) is 11.2 Å². The van der Waals surface area contributed by atoms with Crippen LogP contribution in [-0.2, 0) is 0 Å². The van der Waals surface area contributed by atoms with Crippen molar-refractivity contribution in [3.8, 4) is 11.5 Å². The summed E-state index contributed by atoms with van der Waals surface area (Å²) in [6.45, 7) is 2.46. The number of phenols is 1. The Hall–Kier alpha value is -3.73. The van der Waals surface area contributed by atoms with Gasteiger partial charge in [0.25, 0.3) is 0 Å². The molecule has 5 heteroatoms. The van der Waals surface area contributed by atoms with Crippen LogP contribution in [0.15, 0.2) is 90.0 Å². The molecule has 3 aromatic rings. The molecule has 0 bridgehead atoms. The van der Waals surface area contributed by atoms with E-state index in [1.165, 1.54) is 0 Å². The van der Waals surface area contributed by atoms with Gasteiger partial charge in [-0.05, 0) is 37.3 Å². The van der Waals surface area contributed by atoms with E-state index in [9.17, 15) is 5.11 Å². The number of phenolic OH excluding ortho intramolecular Hbond substituents is 1. The molecular weight excluding hydrogens is 350 g/mol. The average Bonchev–Trinajstić information content (AvgIpc) is 2.75. The van der Waals surface area contributed by atoms with Crippen LogP contribution < -0.4 is 15.3 Å². The topological polar surface area (TPSA) is 57.1 Å². The Morgan fingerprint density at radius 1 is 0.964 bits per heavy atom. The van der Waals surface area contributed by atoms with Gasteiger partial charge in [0, 0.05) is 17.2 Å². The molecule has 140 valence electrons. The van der Waals surface area contributed by atoms with Gasteiger partial charge in [-0.15, -0.1) is 0 Å². The number of rotatable bonds is 5. The van der Waals surface area contributed by atoms with Gasteiger partial charge in [0.2, 0.25) is 0 Å². The molecule has 0 aromatic heterocycles. The molecule has 0 saturated heterocycles. The Balaban J connectivity index is 1.76. The van der Waals surface area contributed by atoms with Crippen LogP contribution in [0.25, 0.3) is 5.70 Å². The van der Waals surface area contributed by atoms with Crippen LogP contribution in [-0.4, -0.2) is 17.4 Å². The molecule has 1 heterocycles. The monoisotopic (exact) mass is 371 g/mol. The van der Waals surface area contributed by atoms with Crippen molar-refractivity contribution in [2.75, 3.05) is 11.7 Å². The third kappa shape index (κ3) is 3.69. The quantitative estimate of drug-likeness (QED) is 0.690. The fraction of sp³-hybridized carbons (Fsp3) is 0.0870. The van der Waals surface area contributed by atoms with Crippen LogP contribution in [0.2, 0.25) is 0 Å². The lowest BCUT2D eigenvalue weighted by molar-refractivity contribution is 0.337. The van der Waals surface area contributed by atoms with Crippen molar-refractivity contribution in [1.29, 1.82) is 0 Å². The highest BCUT2D eigenvalue weighted by Gasteiger charge is 2.19. The Bertz CT molecular complexity index is 1010. The van der Waals surface area contributed by atoms with Gasteiger partial charge in [0.05, 0.1) is 23.7 Å². The molecule has 0 fully saturated rings. The fourth-order valence-electron chi connectivity index (χ4n) is 3.02. The molecule has 2 N–H and O–H groups in total. The molecule has 0 aliphatic carbocycles. The van der Waals surface area contributed by atoms with Crippen molar-refractivity contribution in [3.63, 3.8) is 0 Å². The van der Waals surface area contributed by atoms with Gasteiger partial charge >= 0.3 is 0 Å². The first-order valence-corrected chi connectivity index (χ1v) is 9.18. The summed E-state index contributed by atoms with van der Waals surface area (Å²) < 4.78 is 5.48. The summed E-state index contributed by atoms with van der Waals surface area (Å²) in [5.41, 5.74) is 7.39. The smallest absolute Gasteiger partial charge is 0.128 e. The highest BCUT2D eigenvalue weighted by molar-refractivity contribution is 6.13. The zero-order chi connectivity index (χ0) is 19.3. The van der Waals surface area contributed by atoms with Crippen molar-refractivity contribution < 1.29 is 9.84 Å². The van der Waals surface area contributed by atoms with Gasteiger partial charge in [0.15, 0.2) is 0 Å². The second-order valence-electron chi connectivity index (χ2n) is 6.28. The fourth-order valence-corrected chi connectivity index (χ4v) is 3.02. The summed E-state index contributed by atoms with van der Waals surface area (Å²) in [5.74, 6) is 0.782. The molecule has 1 aliphatic heterocycles. The van der Waals surface area contributed by atoms with Crippen molar-refractivity contribution >= 4 is 17.1 Å². The minimum Gasteiger partial charge on any atom is -0.507 e. The summed E-state index contributed by atoms with van der Waals surface area (Å²) in [6, 6.07) is 25.1. The first kappa shape index (κ1) is 17.7. The first-order valence-electron chi connectivity index (χ1n) is 9.18. The maximum atomic E-state index is 10.6. The van der Waals surface area contributed by atoms with Crippen molar-refractivity contribution in [3.05, 3.63) is 96.1 Å². The van der Waals surface area contributed by atoms with E-state index >= 15 is 0 Å². The molecule has 0 radical (unpaired) electrons. The van der Waals surface area contributed by atoms with Crippen LogP contribution in [0.3, 0.4) is 0 Å². The molecule has 1 aliphatic rings. The number of anilines is 1. The number of benzene rings is 3. The number of allylic oxidation sites excluding steroid dienone is 1. The molecule has 0 amide bonds. The summed E-state index contributed by atoms with van der Waals surface area (Å²) >= 11 is 0. The second kappa shape index (κ2) is 7.88. The van der Waals surface area contributed by atoms with E-state index in [1.807, 2.05) is 85.8 Å². The Morgan fingerprint density at radius 2 is 1.68 bits per heavy atom. The molecule has 0 atom stereocenters. The van der Waals surface area contributed by atoms with Gasteiger partial charge in [0.1, 0.15) is 11.5 Å². The normalized spacial score (nSPS) is 13.4. The van der Waals surface area contributed by atoms with Gasteiger partial charge < -0.3 is 9.84 Å². The minimum atomic E-state index is 0.145.